The lowest BCUT2D eigenvalue weighted by atomic mass is 9.65. The Bertz CT molecular complexity index is 1070. The lowest BCUT2D eigenvalue weighted by Crippen LogP contribution is -2.40. The van der Waals surface area contributed by atoms with Gasteiger partial charge in [0.2, 0.25) is 17.4 Å². The molecule has 0 saturated heterocycles. The van der Waals surface area contributed by atoms with Crippen molar-refractivity contribution in [2.75, 3.05) is 7.11 Å². The summed E-state index contributed by atoms with van der Waals surface area (Å²) in [7, 11) is 1.77. The Labute approximate surface area is 172 Å². The molecule has 0 radical (unpaired) electrons. The molecule has 3 rings (SSSR count). The van der Waals surface area contributed by atoms with Crippen molar-refractivity contribution >= 4 is 39.4 Å². The van der Waals surface area contributed by atoms with Crippen molar-refractivity contribution in [2.45, 2.75) is 10.0 Å². The Morgan fingerprint density at radius 1 is 1.07 bits per heavy atom. The molecule has 11 heteroatoms. The number of benzene rings is 2. The Morgan fingerprint density at radius 3 is 2.21 bits per heavy atom. The van der Waals surface area contributed by atoms with Gasteiger partial charge in [-0.3, -0.25) is 4.79 Å². The van der Waals surface area contributed by atoms with Crippen molar-refractivity contribution in [3.63, 3.8) is 0 Å². The van der Waals surface area contributed by atoms with E-state index < -0.39 is 31.7 Å². The molecule has 1 aliphatic heterocycles. The first-order valence-corrected chi connectivity index (χ1v) is 10.3. The summed E-state index contributed by atoms with van der Waals surface area (Å²) in [6.07, 6.45) is 0. The molecule has 7 nitrogen and oxygen atoms in total. The molecule has 1 heterocycles. The third-order valence-electron chi connectivity index (χ3n) is 5.11. The molecule has 2 aromatic carbocycles. The van der Waals surface area contributed by atoms with Crippen LogP contribution in [0.15, 0.2) is 66.2 Å². The highest BCUT2D eigenvalue weighted by Gasteiger charge is 2.50. The van der Waals surface area contributed by atoms with Crippen LogP contribution >= 0.6 is 0 Å². The number of hydrogen-bond acceptors (Lipinski definition) is 7. The predicted octanol–water partition coefficient (Wildman–Crippen LogP) is -1.37. The van der Waals surface area contributed by atoms with Gasteiger partial charge in [0.05, 0.1) is 11.7 Å². The highest BCUT2D eigenvalue weighted by molar-refractivity contribution is 7.90. The molecule has 0 bridgehead atoms. The van der Waals surface area contributed by atoms with Crippen LogP contribution in [-0.4, -0.2) is 44.8 Å². The van der Waals surface area contributed by atoms with E-state index in [0.29, 0.717) is 16.9 Å². The molecule has 0 fully saturated rings. The molecule has 1 atom stereocenters. The first-order valence-electron chi connectivity index (χ1n) is 8.90. The van der Waals surface area contributed by atoms with Gasteiger partial charge >= 0.3 is 10.1 Å². The van der Waals surface area contributed by atoms with Gasteiger partial charge in [-0.15, -0.1) is 0 Å². The third kappa shape index (κ3) is 3.50. The summed E-state index contributed by atoms with van der Waals surface area (Å²) in [5.74, 6) is -0.965. The number of carbonyl (C=O) groups is 1. The molecule has 1 aliphatic rings. The summed E-state index contributed by atoms with van der Waals surface area (Å²) in [5.41, 5.74) is 5.36. The minimum Gasteiger partial charge on any atom is -0.497 e. The minimum absolute atomic E-state index is 0.374. The van der Waals surface area contributed by atoms with Crippen LogP contribution in [0.1, 0.15) is 11.1 Å². The zero-order chi connectivity index (χ0) is 21.4. The molecule has 1 unspecified atom stereocenters. The summed E-state index contributed by atoms with van der Waals surface area (Å²) < 4.78 is 40.5. The summed E-state index contributed by atoms with van der Waals surface area (Å²) >= 11 is 0. The van der Waals surface area contributed by atoms with Crippen LogP contribution < -0.4 is 10.5 Å². The Hall–Kier alpha value is -2.81. The fourth-order valence-electron chi connectivity index (χ4n) is 3.02. The van der Waals surface area contributed by atoms with Gasteiger partial charge in [0.25, 0.3) is 0 Å². The second kappa shape index (κ2) is 7.22. The molecule has 0 spiro atoms. The predicted molar refractivity (Wildman–Crippen MR) is 116 cm³/mol. The van der Waals surface area contributed by atoms with Crippen LogP contribution in [0, 0.1) is 0 Å². The van der Waals surface area contributed by atoms with Crippen LogP contribution in [0.5, 0.6) is 5.75 Å². The van der Waals surface area contributed by atoms with Gasteiger partial charge in [0.15, 0.2) is 13.3 Å². The van der Waals surface area contributed by atoms with E-state index in [9.17, 15) is 13.2 Å². The van der Waals surface area contributed by atoms with Crippen LogP contribution in [-0.2, 0) is 33.9 Å². The highest BCUT2D eigenvalue weighted by Crippen LogP contribution is 2.38. The molecule has 2 N–H and O–H groups in total. The lowest BCUT2D eigenvalue weighted by Gasteiger charge is -2.26. The number of nitrogens with two attached hydrogens (primary N) is 1. The molecule has 0 aliphatic carbocycles. The van der Waals surface area contributed by atoms with Crippen LogP contribution in [0.2, 0.25) is 0 Å². The number of methoxy groups -OCH3 is 1. The van der Waals surface area contributed by atoms with Gasteiger partial charge in [-0.05, 0) is 23.3 Å². The van der Waals surface area contributed by atoms with Crippen LogP contribution in [0.4, 0.5) is 0 Å². The van der Waals surface area contributed by atoms with Gasteiger partial charge in [0.1, 0.15) is 21.4 Å². The maximum atomic E-state index is 13.1. The summed E-state index contributed by atoms with van der Waals surface area (Å²) in [6.45, 7) is 0. The van der Waals surface area contributed by atoms with Gasteiger partial charge < -0.3 is 19.4 Å². The van der Waals surface area contributed by atoms with Crippen molar-refractivity contribution in [3.8, 4) is 5.75 Å². The van der Waals surface area contributed by atoms with E-state index >= 15 is 0 Å². The van der Waals surface area contributed by atoms with Crippen LogP contribution in [0.3, 0.4) is 0 Å². The van der Waals surface area contributed by atoms with Crippen molar-refractivity contribution in [1.29, 1.82) is 0 Å². The topological polar surface area (TPSA) is 105 Å². The Balaban J connectivity index is 1.91. The van der Waals surface area contributed by atoms with E-state index in [2.05, 4.69) is 0 Å². The molecule has 0 aromatic heterocycles. The summed E-state index contributed by atoms with van der Waals surface area (Å²) in [6, 6.07) is 15.2. The van der Waals surface area contributed by atoms with Crippen LogP contribution in [0.25, 0.3) is 0 Å². The number of ketones is 1. The molecule has 0 saturated carbocycles. The van der Waals surface area contributed by atoms with Crippen molar-refractivity contribution < 1.29 is 26.9 Å². The second-order valence-electron chi connectivity index (χ2n) is 7.30. The summed E-state index contributed by atoms with van der Waals surface area (Å²) in [5, 5.41) is 0. The fraction of sp³-hybridized carbons (Fsp3) is 0.167. The highest BCUT2D eigenvalue weighted by atomic mass is 32.2. The molecule has 0 amide bonds. The lowest BCUT2D eigenvalue weighted by molar-refractivity contribution is -0.126. The standard InChI is InChI=1S/C18H20B3NO6S/c1-26-13-9-7-11(8-10-13)17(19)15(23)14(16(22)27-17)28-29(24,25)18(20,21)12-5-3-2-4-6-12/h2-10H,19-22H2,1H3. The smallest absolute Gasteiger partial charge is 0.304 e. The normalized spacial score (nSPS) is 19.7. The number of Topliss-reactive ketones (excluding diaryl/α,β-unsaturated/α-hetero) is 1. The largest absolute Gasteiger partial charge is 0.497 e. The van der Waals surface area contributed by atoms with Crippen molar-refractivity contribution in [1.82, 2.24) is 0 Å². The first kappa shape index (κ1) is 20.9. The molecular formula is C18H20B3NO6S. The van der Waals surface area contributed by atoms with E-state index in [1.807, 2.05) is 0 Å². The van der Waals surface area contributed by atoms with E-state index in [0.717, 1.165) is 0 Å². The average Bonchev–Trinajstić information content (AvgIpc) is 2.92. The first-order chi connectivity index (χ1) is 13.5. The maximum Gasteiger partial charge on any atom is 0.304 e. The van der Waals surface area contributed by atoms with E-state index in [4.69, 9.17) is 19.4 Å². The Morgan fingerprint density at radius 2 is 1.66 bits per heavy atom. The molecule has 29 heavy (non-hydrogen) atoms. The zero-order valence-corrected chi connectivity index (χ0v) is 17.4. The number of carbonyl (C=O) groups excluding carboxylic acids is 1. The molecular weight excluding hydrogens is 391 g/mol. The zero-order valence-electron chi connectivity index (χ0n) is 16.6. The average molecular weight is 411 g/mol. The molecule has 2 aromatic rings. The minimum atomic E-state index is -4.26. The van der Waals surface area contributed by atoms with Crippen molar-refractivity contribution in [3.05, 3.63) is 77.4 Å². The second-order valence-corrected chi connectivity index (χ2v) is 9.40. The summed E-state index contributed by atoms with van der Waals surface area (Å²) in [4.78, 5) is 13.1. The Kier molecular flexibility index (Phi) is 5.21. The SMILES string of the molecule is BC1(c2ccc(OC)cc2)OC(N)=C(OS(=O)(=O)C(B)(B)c2ccccc2)C1=O. The van der Waals surface area contributed by atoms with Gasteiger partial charge in [0, 0.05) is 0 Å². The van der Waals surface area contributed by atoms with E-state index in [1.54, 1.807) is 54.6 Å². The molecule has 148 valence electrons. The van der Waals surface area contributed by atoms with Gasteiger partial charge in [-0.1, -0.05) is 42.5 Å². The maximum absolute atomic E-state index is 13.1. The monoisotopic (exact) mass is 411 g/mol. The third-order valence-corrected chi connectivity index (χ3v) is 6.98. The van der Waals surface area contributed by atoms with Crippen molar-refractivity contribution in [2.24, 2.45) is 5.73 Å². The van der Waals surface area contributed by atoms with Gasteiger partial charge in [-0.2, -0.15) is 8.42 Å². The number of ether oxygens (including phenoxy) is 2. The number of rotatable bonds is 6. The quantitative estimate of drug-likeness (QED) is 0.462. The number of hydrogen-bond donors (Lipinski definition) is 1. The van der Waals surface area contributed by atoms with E-state index in [1.165, 1.54) is 30.6 Å². The van der Waals surface area contributed by atoms with Gasteiger partial charge in [-0.25, -0.2) is 0 Å². The van der Waals surface area contributed by atoms with E-state index in [-0.39, 0.29) is 5.88 Å². The fourth-order valence-corrected chi connectivity index (χ4v) is 4.03.